The lowest BCUT2D eigenvalue weighted by molar-refractivity contribution is -0.145. The highest BCUT2D eigenvalue weighted by Crippen LogP contribution is 2.61. The summed E-state index contributed by atoms with van der Waals surface area (Å²) < 4.78 is 0. The van der Waals surface area contributed by atoms with Crippen molar-refractivity contribution in [1.82, 2.24) is 0 Å². The molecular formula is C12H17NO2. The minimum absolute atomic E-state index is 0.151. The first-order chi connectivity index (χ1) is 7.11. The SMILES string of the molecule is C#CC1C[C@H]2C[C@@](CN)(CC(=O)O)[C@H]2C1. The molecule has 1 unspecified atom stereocenters. The number of rotatable bonds is 3. The van der Waals surface area contributed by atoms with Crippen molar-refractivity contribution in [2.24, 2.45) is 28.9 Å². The molecule has 15 heavy (non-hydrogen) atoms. The number of hydrogen-bond donors (Lipinski definition) is 2. The van der Waals surface area contributed by atoms with Crippen LogP contribution in [0.4, 0.5) is 0 Å². The Balaban J connectivity index is 2.07. The Kier molecular flexibility index (Phi) is 2.47. The highest BCUT2D eigenvalue weighted by Gasteiger charge is 2.57. The lowest BCUT2D eigenvalue weighted by Crippen LogP contribution is -2.51. The van der Waals surface area contributed by atoms with E-state index in [2.05, 4.69) is 5.92 Å². The average molecular weight is 207 g/mol. The van der Waals surface area contributed by atoms with E-state index in [1.165, 1.54) is 0 Å². The van der Waals surface area contributed by atoms with Gasteiger partial charge in [0.05, 0.1) is 6.42 Å². The molecule has 3 heteroatoms. The summed E-state index contributed by atoms with van der Waals surface area (Å²) in [6, 6.07) is 0. The molecule has 2 aliphatic carbocycles. The van der Waals surface area contributed by atoms with Gasteiger partial charge in [-0.1, -0.05) is 0 Å². The third kappa shape index (κ3) is 1.53. The van der Waals surface area contributed by atoms with E-state index < -0.39 is 5.97 Å². The number of carbonyl (C=O) groups is 1. The Morgan fingerprint density at radius 1 is 1.60 bits per heavy atom. The van der Waals surface area contributed by atoms with E-state index in [1.54, 1.807) is 0 Å². The third-order valence-electron chi connectivity index (χ3n) is 4.30. The molecule has 0 saturated heterocycles. The third-order valence-corrected chi connectivity index (χ3v) is 4.30. The number of hydrogen-bond acceptors (Lipinski definition) is 2. The standard InChI is InChI=1S/C12H17NO2/c1-2-8-3-9-5-12(7-13,6-11(14)15)10(9)4-8/h1,8-10H,3-7,13H2,(H,14,15)/t8?,9-,10-,12-/m0/s1. The smallest absolute Gasteiger partial charge is 0.303 e. The molecule has 0 aromatic carbocycles. The summed E-state index contributed by atoms with van der Waals surface area (Å²) in [5, 5.41) is 8.89. The minimum Gasteiger partial charge on any atom is -0.481 e. The van der Waals surface area contributed by atoms with E-state index in [0.717, 1.165) is 19.3 Å². The molecule has 0 spiro atoms. The summed E-state index contributed by atoms with van der Waals surface area (Å²) in [4.78, 5) is 10.8. The van der Waals surface area contributed by atoms with Crippen molar-refractivity contribution < 1.29 is 9.90 Å². The van der Waals surface area contributed by atoms with Crippen LogP contribution < -0.4 is 5.73 Å². The Hall–Kier alpha value is -1.01. The first kappa shape index (κ1) is 10.5. The summed E-state index contributed by atoms with van der Waals surface area (Å²) in [5.41, 5.74) is 5.59. The van der Waals surface area contributed by atoms with Crippen LogP contribution in [0.5, 0.6) is 0 Å². The van der Waals surface area contributed by atoms with Gasteiger partial charge in [-0.2, -0.15) is 0 Å². The van der Waals surface area contributed by atoms with Gasteiger partial charge in [0.15, 0.2) is 0 Å². The van der Waals surface area contributed by atoms with Gasteiger partial charge < -0.3 is 10.8 Å². The maximum atomic E-state index is 10.8. The van der Waals surface area contributed by atoms with Crippen molar-refractivity contribution in [2.75, 3.05) is 6.54 Å². The molecule has 2 rings (SSSR count). The molecule has 0 radical (unpaired) electrons. The number of fused-ring (bicyclic) bond motifs is 1. The molecule has 3 N–H and O–H groups in total. The first-order valence-electron chi connectivity index (χ1n) is 5.49. The van der Waals surface area contributed by atoms with E-state index >= 15 is 0 Å². The molecule has 0 aliphatic heterocycles. The second kappa shape index (κ2) is 3.53. The number of terminal acetylenes is 1. The largest absolute Gasteiger partial charge is 0.481 e. The molecule has 2 fully saturated rings. The van der Waals surface area contributed by atoms with Gasteiger partial charge in [0, 0.05) is 5.92 Å². The molecule has 3 nitrogen and oxygen atoms in total. The quantitative estimate of drug-likeness (QED) is 0.681. The van der Waals surface area contributed by atoms with Crippen LogP contribution in [0, 0.1) is 35.5 Å². The molecule has 4 atom stereocenters. The second-order valence-electron chi connectivity index (χ2n) is 5.04. The highest BCUT2D eigenvalue weighted by atomic mass is 16.4. The van der Waals surface area contributed by atoms with E-state index in [0.29, 0.717) is 24.3 Å². The van der Waals surface area contributed by atoms with Crippen molar-refractivity contribution >= 4 is 5.97 Å². The number of carboxylic acids is 1. The molecule has 0 amide bonds. The average Bonchev–Trinajstić information content (AvgIpc) is 2.53. The van der Waals surface area contributed by atoms with Crippen LogP contribution >= 0.6 is 0 Å². The zero-order valence-corrected chi connectivity index (χ0v) is 8.78. The van der Waals surface area contributed by atoms with E-state index in [9.17, 15) is 4.79 Å². The van der Waals surface area contributed by atoms with Gasteiger partial charge in [-0.3, -0.25) is 4.79 Å². The van der Waals surface area contributed by atoms with Crippen LogP contribution in [0.3, 0.4) is 0 Å². The van der Waals surface area contributed by atoms with Crippen LogP contribution in [0.2, 0.25) is 0 Å². The van der Waals surface area contributed by atoms with Gasteiger partial charge in [-0.15, -0.1) is 12.3 Å². The Morgan fingerprint density at radius 2 is 2.33 bits per heavy atom. The monoisotopic (exact) mass is 207 g/mol. The van der Waals surface area contributed by atoms with Crippen LogP contribution in [-0.4, -0.2) is 17.6 Å². The molecular weight excluding hydrogens is 190 g/mol. The van der Waals surface area contributed by atoms with Gasteiger partial charge in [-0.05, 0) is 43.1 Å². The van der Waals surface area contributed by atoms with Crippen LogP contribution in [0.25, 0.3) is 0 Å². The predicted octanol–water partition coefficient (Wildman–Crippen LogP) is 1.09. The molecule has 0 aromatic rings. The Bertz CT molecular complexity index is 320. The zero-order valence-electron chi connectivity index (χ0n) is 8.78. The van der Waals surface area contributed by atoms with Crippen molar-refractivity contribution in [3.63, 3.8) is 0 Å². The zero-order chi connectivity index (χ0) is 11.1. The lowest BCUT2D eigenvalue weighted by Gasteiger charge is -2.51. The first-order valence-corrected chi connectivity index (χ1v) is 5.49. The van der Waals surface area contributed by atoms with E-state index in [1.807, 2.05) is 0 Å². The highest BCUT2D eigenvalue weighted by molar-refractivity contribution is 5.68. The Morgan fingerprint density at radius 3 is 2.87 bits per heavy atom. The van der Waals surface area contributed by atoms with Gasteiger partial charge in [0.25, 0.3) is 0 Å². The number of nitrogens with two attached hydrogens (primary N) is 1. The van der Waals surface area contributed by atoms with Gasteiger partial charge in [0.2, 0.25) is 0 Å². The minimum atomic E-state index is -0.733. The Labute approximate surface area is 90.0 Å². The van der Waals surface area contributed by atoms with Crippen molar-refractivity contribution in [1.29, 1.82) is 0 Å². The normalized spacial score (nSPS) is 42.8. The number of carboxylic acid groups (broad SMARTS) is 1. The van der Waals surface area contributed by atoms with Crippen LogP contribution in [0.1, 0.15) is 25.7 Å². The lowest BCUT2D eigenvalue weighted by atomic mass is 9.53. The number of aliphatic carboxylic acids is 1. The molecule has 0 aromatic heterocycles. The van der Waals surface area contributed by atoms with Gasteiger partial charge >= 0.3 is 5.97 Å². The summed E-state index contributed by atoms with van der Waals surface area (Å²) in [6.07, 6.45) is 8.64. The van der Waals surface area contributed by atoms with Gasteiger partial charge in [-0.25, -0.2) is 0 Å². The summed E-state index contributed by atoms with van der Waals surface area (Å²) in [7, 11) is 0. The molecule has 82 valence electrons. The van der Waals surface area contributed by atoms with Crippen molar-refractivity contribution in [3.05, 3.63) is 0 Å². The molecule has 0 heterocycles. The molecule has 0 bridgehead atoms. The fourth-order valence-electron chi connectivity index (χ4n) is 3.56. The summed E-state index contributed by atoms with van der Waals surface area (Å²) >= 11 is 0. The van der Waals surface area contributed by atoms with Crippen LogP contribution in [-0.2, 0) is 4.79 Å². The van der Waals surface area contributed by atoms with Gasteiger partial charge in [0.1, 0.15) is 0 Å². The fraction of sp³-hybridized carbons (Fsp3) is 0.750. The fourth-order valence-corrected chi connectivity index (χ4v) is 3.56. The van der Waals surface area contributed by atoms with Crippen LogP contribution in [0.15, 0.2) is 0 Å². The predicted molar refractivity (Wildman–Crippen MR) is 56.9 cm³/mol. The van der Waals surface area contributed by atoms with Crippen molar-refractivity contribution in [3.8, 4) is 12.3 Å². The molecule has 2 aliphatic rings. The maximum absolute atomic E-state index is 10.8. The topological polar surface area (TPSA) is 63.3 Å². The summed E-state index contributed by atoms with van der Waals surface area (Å²) in [5.74, 6) is 3.50. The molecule has 2 saturated carbocycles. The second-order valence-corrected chi connectivity index (χ2v) is 5.04. The van der Waals surface area contributed by atoms with E-state index in [4.69, 9.17) is 17.3 Å². The van der Waals surface area contributed by atoms with E-state index in [-0.39, 0.29) is 11.8 Å². The van der Waals surface area contributed by atoms with Crippen molar-refractivity contribution in [2.45, 2.75) is 25.7 Å². The summed E-state index contributed by atoms with van der Waals surface area (Å²) in [6.45, 7) is 0.484. The maximum Gasteiger partial charge on any atom is 0.303 e.